The molecule has 1 aromatic rings. The summed E-state index contributed by atoms with van der Waals surface area (Å²) in [5.41, 5.74) is 0.230. The molecule has 112 valence electrons. The van der Waals surface area contributed by atoms with E-state index in [0.29, 0.717) is 6.61 Å². The van der Waals surface area contributed by atoms with E-state index in [0.717, 1.165) is 6.42 Å². The van der Waals surface area contributed by atoms with E-state index >= 15 is 0 Å². The average Bonchev–Trinajstić information content (AvgIpc) is 2.38. The highest BCUT2D eigenvalue weighted by molar-refractivity contribution is 8.13. The Labute approximate surface area is 123 Å². The van der Waals surface area contributed by atoms with Gasteiger partial charge in [-0.05, 0) is 38.5 Å². The van der Waals surface area contributed by atoms with Gasteiger partial charge in [0.05, 0.1) is 6.61 Å². The van der Waals surface area contributed by atoms with Gasteiger partial charge in [0.1, 0.15) is 10.6 Å². The second-order valence-corrected chi connectivity index (χ2v) is 6.85. The molecule has 20 heavy (non-hydrogen) atoms. The maximum Gasteiger partial charge on any atom is 0.265 e. The van der Waals surface area contributed by atoms with E-state index < -0.39 is 9.05 Å². The Kier molecular flexibility index (Phi) is 5.83. The van der Waals surface area contributed by atoms with Gasteiger partial charge in [-0.25, -0.2) is 8.42 Å². The van der Waals surface area contributed by atoms with Crippen LogP contribution in [0.25, 0.3) is 0 Å². The van der Waals surface area contributed by atoms with E-state index in [-0.39, 0.29) is 28.2 Å². The average molecular weight is 320 g/mol. The molecule has 1 unspecified atom stereocenters. The number of halogens is 1. The van der Waals surface area contributed by atoms with E-state index in [1.807, 2.05) is 13.8 Å². The van der Waals surface area contributed by atoms with Gasteiger partial charge in [0.15, 0.2) is 0 Å². The van der Waals surface area contributed by atoms with E-state index in [1.54, 1.807) is 6.92 Å². The number of amides is 1. The zero-order valence-corrected chi connectivity index (χ0v) is 13.2. The standard InChI is InChI=1S/C13H18ClNO4S/c1-4-9(3)15-13(16)10-6-7-11(19-5-2)12(8-10)20(14,17)18/h6-9H,4-5H2,1-3H3,(H,15,16). The summed E-state index contributed by atoms with van der Waals surface area (Å²) in [6.07, 6.45) is 0.781. The number of carbonyl (C=O) groups excluding carboxylic acids is 1. The number of nitrogens with one attached hydrogen (secondary N) is 1. The van der Waals surface area contributed by atoms with Crippen molar-refractivity contribution < 1.29 is 17.9 Å². The van der Waals surface area contributed by atoms with Crippen LogP contribution in [-0.2, 0) is 9.05 Å². The third-order valence-corrected chi connectivity index (χ3v) is 4.10. The Balaban J connectivity index is 3.16. The Morgan fingerprint density at radius 2 is 2.05 bits per heavy atom. The summed E-state index contributed by atoms with van der Waals surface area (Å²) < 4.78 is 28.3. The summed E-state index contributed by atoms with van der Waals surface area (Å²) in [7, 11) is 1.39. The van der Waals surface area contributed by atoms with Crippen molar-refractivity contribution in [3.8, 4) is 5.75 Å². The highest BCUT2D eigenvalue weighted by Crippen LogP contribution is 2.28. The fraction of sp³-hybridized carbons (Fsp3) is 0.462. The van der Waals surface area contributed by atoms with Gasteiger partial charge in [-0.15, -0.1) is 0 Å². The summed E-state index contributed by atoms with van der Waals surface area (Å²) in [6, 6.07) is 4.17. The molecule has 0 aromatic heterocycles. The zero-order chi connectivity index (χ0) is 15.3. The van der Waals surface area contributed by atoms with Gasteiger partial charge < -0.3 is 10.1 Å². The fourth-order valence-corrected chi connectivity index (χ4v) is 2.52. The predicted octanol–water partition coefficient (Wildman–Crippen LogP) is 2.54. The molecule has 0 aliphatic rings. The van der Waals surface area contributed by atoms with Gasteiger partial charge in [-0.2, -0.15) is 0 Å². The van der Waals surface area contributed by atoms with Gasteiger partial charge in [0.2, 0.25) is 0 Å². The van der Waals surface area contributed by atoms with Crippen LogP contribution in [0.3, 0.4) is 0 Å². The van der Waals surface area contributed by atoms with Crippen LogP contribution in [0.5, 0.6) is 5.75 Å². The molecule has 0 saturated heterocycles. The number of rotatable bonds is 6. The normalized spacial score (nSPS) is 12.8. The van der Waals surface area contributed by atoms with Gasteiger partial charge in [0.25, 0.3) is 15.0 Å². The lowest BCUT2D eigenvalue weighted by Crippen LogP contribution is -2.31. The molecule has 1 atom stereocenters. The molecule has 0 fully saturated rings. The maximum atomic E-state index is 12.0. The topological polar surface area (TPSA) is 72.5 Å². The largest absolute Gasteiger partial charge is 0.492 e. The Bertz CT molecular complexity index is 586. The molecule has 7 heteroatoms. The Morgan fingerprint density at radius 1 is 1.40 bits per heavy atom. The second kappa shape index (κ2) is 6.95. The van der Waals surface area contributed by atoms with E-state index in [1.165, 1.54) is 18.2 Å². The molecular formula is C13H18ClNO4S. The van der Waals surface area contributed by atoms with Crippen LogP contribution < -0.4 is 10.1 Å². The summed E-state index contributed by atoms with van der Waals surface area (Å²) in [6.45, 7) is 5.84. The molecule has 0 heterocycles. The maximum absolute atomic E-state index is 12.0. The van der Waals surface area contributed by atoms with Crippen LogP contribution in [-0.4, -0.2) is 27.0 Å². The van der Waals surface area contributed by atoms with Gasteiger partial charge >= 0.3 is 0 Å². The molecule has 1 N–H and O–H groups in total. The number of benzene rings is 1. The SMILES string of the molecule is CCOc1ccc(C(=O)NC(C)CC)cc1S(=O)(=O)Cl. The van der Waals surface area contributed by atoms with Gasteiger partial charge in [0, 0.05) is 22.3 Å². The van der Waals surface area contributed by atoms with Crippen molar-refractivity contribution in [3.63, 3.8) is 0 Å². The fourth-order valence-electron chi connectivity index (χ4n) is 1.52. The van der Waals surface area contributed by atoms with Crippen LogP contribution in [0.2, 0.25) is 0 Å². The first-order valence-electron chi connectivity index (χ1n) is 6.32. The summed E-state index contributed by atoms with van der Waals surface area (Å²) >= 11 is 0. The highest BCUT2D eigenvalue weighted by atomic mass is 35.7. The molecule has 5 nitrogen and oxygen atoms in total. The third-order valence-electron chi connectivity index (χ3n) is 2.76. The predicted molar refractivity (Wildman–Crippen MR) is 77.9 cm³/mol. The van der Waals surface area contributed by atoms with Crippen LogP contribution in [0.1, 0.15) is 37.6 Å². The van der Waals surface area contributed by atoms with Crippen molar-refractivity contribution in [1.82, 2.24) is 5.32 Å². The summed E-state index contributed by atoms with van der Waals surface area (Å²) in [5.74, 6) is -0.202. The quantitative estimate of drug-likeness (QED) is 0.818. The minimum atomic E-state index is -3.98. The van der Waals surface area contributed by atoms with E-state index in [9.17, 15) is 13.2 Å². The van der Waals surface area contributed by atoms with Crippen molar-refractivity contribution in [2.75, 3.05) is 6.61 Å². The smallest absolute Gasteiger partial charge is 0.265 e. The lowest BCUT2D eigenvalue weighted by molar-refractivity contribution is 0.0939. The highest BCUT2D eigenvalue weighted by Gasteiger charge is 2.20. The number of hydrogen-bond donors (Lipinski definition) is 1. The van der Waals surface area contributed by atoms with Crippen LogP contribution >= 0.6 is 10.7 Å². The van der Waals surface area contributed by atoms with E-state index in [2.05, 4.69) is 5.32 Å². The first-order valence-corrected chi connectivity index (χ1v) is 8.62. The zero-order valence-electron chi connectivity index (χ0n) is 11.6. The lowest BCUT2D eigenvalue weighted by Gasteiger charge is -2.13. The van der Waals surface area contributed by atoms with Gasteiger partial charge in [-0.1, -0.05) is 6.92 Å². The van der Waals surface area contributed by atoms with Crippen LogP contribution in [0, 0.1) is 0 Å². The van der Waals surface area contributed by atoms with Crippen molar-refractivity contribution in [1.29, 1.82) is 0 Å². The van der Waals surface area contributed by atoms with Crippen LogP contribution in [0.4, 0.5) is 0 Å². The molecule has 1 rings (SSSR count). The number of hydrogen-bond acceptors (Lipinski definition) is 4. The van der Waals surface area contributed by atoms with Crippen molar-refractivity contribution in [3.05, 3.63) is 23.8 Å². The van der Waals surface area contributed by atoms with Gasteiger partial charge in [-0.3, -0.25) is 4.79 Å². The molecule has 0 saturated carbocycles. The van der Waals surface area contributed by atoms with Crippen molar-refractivity contribution in [2.24, 2.45) is 0 Å². The minimum Gasteiger partial charge on any atom is -0.492 e. The van der Waals surface area contributed by atoms with E-state index in [4.69, 9.17) is 15.4 Å². The molecule has 0 aliphatic heterocycles. The van der Waals surface area contributed by atoms with Crippen molar-refractivity contribution >= 4 is 25.6 Å². The number of ether oxygens (including phenoxy) is 1. The summed E-state index contributed by atoms with van der Waals surface area (Å²) in [5, 5.41) is 2.76. The molecule has 0 bridgehead atoms. The monoisotopic (exact) mass is 319 g/mol. The summed E-state index contributed by atoms with van der Waals surface area (Å²) in [4.78, 5) is 11.8. The lowest BCUT2D eigenvalue weighted by atomic mass is 10.2. The Hall–Kier alpha value is -1.27. The molecule has 0 aliphatic carbocycles. The minimum absolute atomic E-state index is 0.00475. The molecule has 0 radical (unpaired) electrons. The molecule has 1 amide bonds. The second-order valence-electron chi connectivity index (χ2n) is 4.32. The van der Waals surface area contributed by atoms with Crippen LogP contribution in [0.15, 0.2) is 23.1 Å². The molecule has 0 spiro atoms. The number of carbonyl (C=O) groups is 1. The first kappa shape index (κ1) is 16.8. The molecular weight excluding hydrogens is 302 g/mol. The third kappa shape index (κ3) is 4.38. The first-order chi connectivity index (χ1) is 9.29. The van der Waals surface area contributed by atoms with Crippen molar-refractivity contribution in [2.45, 2.75) is 38.1 Å². The Morgan fingerprint density at radius 3 is 2.55 bits per heavy atom. The molecule has 1 aromatic carbocycles.